The van der Waals surface area contributed by atoms with Gasteiger partial charge in [0.25, 0.3) is 11.6 Å². The molecule has 1 atom stereocenters. The van der Waals surface area contributed by atoms with Crippen LogP contribution in [0.3, 0.4) is 0 Å². The Labute approximate surface area is 145 Å². The van der Waals surface area contributed by atoms with E-state index in [0.717, 1.165) is 0 Å². The van der Waals surface area contributed by atoms with Gasteiger partial charge in [0.1, 0.15) is 0 Å². The monoisotopic (exact) mass is 342 g/mol. The Balaban J connectivity index is 2.30. The standard InChI is InChI=1S/C18H18N2O5/c1-12-11-14(9-10-15(12)20(23)24)18(22)25-16(17(21)19(2)3)13-7-5-4-6-8-13/h4-11,16H,1-3H3/t16-/m0/s1. The van der Waals surface area contributed by atoms with Gasteiger partial charge in [-0.2, -0.15) is 0 Å². The molecule has 0 bridgehead atoms. The summed E-state index contributed by atoms with van der Waals surface area (Å²) in [6, 6.07) is 12.6. The maximum atomic E-state index is 12.4. The number of hydrogen-bond donors (Lipinski definition) is 0. The molecule has 0 radical (unpaired) electrons. The fourth-order valence-corrected chi connectivity index (χ4v) is 2.29. The minimum atomic E-state index is -1.08. The fraction of sp³-hybridized carbons (Fsp3) is 0.222. The second kappa shape index (κ2) is 7.57. The van der Waals surface area contributed by atoms with Gasteiger partial charge in [-0.3, -0.25) is 14.9 Å². The van der Waals surface area contributed by atoms with E-state index in [1.54, 1.807) is 44.4 Å². The summed E-state index contributed by atoms with van der Waals surface area (Å²) in [6.07, 6.45) is -1.08. The number of rotatable bonds is 5. The van der Waals surface area contributed by atoms with Crippen LogP contribution in [0, 0.1) is 17.0 Å². The molecule has 0 aliphatic rings. The van der Waals surface area contributed by atoms with Gasteiger partial charge in [0.2, 0.25) is 6.10 Å². The molecular weight excluding hydrogens is 324 g/mol. The van der Waals surface area contributed by atoms with Gasteiger partial charge in [-0.05, 0) is 19.1 Å². The number of nitro groups is 1. The second-order valence-electron chi connectivity index (χ2n) is 5.69. The molecule has 0 saturated carbocycles. The Bertz CT molecular complexity index is 802. The summed E-state index contributed by atoms with van der Waals surface area (Å²) in [5, 5.41) is 10.9. The lowest BCUT2D eigenvalue weighted by Gasteiger charge is -2.21. The van der Waals surface area contributed by atoms with Crippen molar-refractivity contribution in [2.75, 3.05) is 14.1 Å². The molecule has 0 fully saturated rings. The summed E-state index contributed by atoms with van der Waals surface area (Å²) in [6.45, 7) is 1.54. The number of nitro benzene ring substituents is 1. The Morgan fingerprint density at radius 2 is 1.76 bits per heavy atom. The lowest BCUT2D eigenvalue weighted by molar-refractivity contribution is -0.385. The Morgan fingerprint density at radius 3 is 2.28 bits per heavy atom. The van der Waals surface area contributed by atoms with Gasteiger partial charge in [0.05, 0.1) is 10.5 Å². The normalized spacial score (nSPS) is 11.5. The van der Waals surface area contributed by atoms with E-state index in [4.69, 9.17) is 4.74 Å². The van der Waals surface area contributed by atoms with Crippen molar-refractivity contribution >= 4 is 17.6 Å². The van der Waals surface area contributed by atoms with E-state index >= 15 is 0 Å². The predicted molar refractivity (Wildman–Crippen MR) is 91.1 cm³/mol. The number of hydrogen-bond acceptors (Lipinski definition) is 5. The van der Waals surface area contributed by atoms with Crippen molar-refractivity contribution in [2.24, 2.45) is 0 Å². The minimum absolute atomic E-state index is 0.0828. The van der Waals surface area contributed by atoms with Crippen LogP contribution in [0.25, 0.3) is 0 Å². The summed E-state index contributed by atoms with van der Waals surface area (Å²) in [5.74, 6) is -1.10. The number of likely N-dealkylation sites (N-methyl/N-ethyl adjacent to an activating group) is 1. The van der Waals surface area contributed by atoms with E-state index in [1.807, 2.05) is 0 Å². The molecule has 1 amide bonds. The highest BCUT2D eigenvalue weighted by atomic mass is 16.6. The largest absolute Gasteiger partial charge is 0.444 e. The molecule has 130 valence electrons. The molecule has 0 saturated heterocycles. The van der Waals surface area contributed by atoms with E-state index in [-0.39, 0.29) is 17.2 Å². The second-order valence-corrected chi connectivity index (χ2v) is 5.69. The molecule has 0 spiro atoms. The van der Waals surface area contributed by atoms with Crippen LogP contribution in [0.4, 0.5) is 5.69 Å². The predicted octanol–water partition coefficient (Wildman–Crippen LogP) is 2.89. The zero-order chi connectivity index (χ0) is 18.6. The number of nitrogens with zero attached hydrogens (tertiary/aromatic N) is 2. The van der Waals surface area contributed by atoms with Gasteiger partial charge < -0.3 is 9.64 Å². The van der Waals surface area contributed by atoms with Crippen LogP contribution in [0.15, 0.2) is 48.5 Å². The molecule has 0 N–H and O–H groups in total. The topological polar surface area (TPSA) is 89.8 Å². The Kier molecular flexibility index (Phi) is 5.49. The van der Waals surface area contributed by atoms with Gasteiger partial charge in [0.15, 0.2) is 0 Å². The van der Waals surface area contributed by atoms with Crippen LogP contribution in [0.5, 0.6) is 0 Å². The number of carbonyl (C=O) groups excluding carboxylic acids is 2. The van der Waals surface area contributed by atoms with Gasteiger partial charge in [0, 0.05) is 31.3 Å². The molecule has 0 unspecified atom stereocenters. The van der Waals surface area contributed by atoms with Crippen LogP contribution in [0.1, 0.15) is 27.6 Å². The zero-order valence-electron chi connectivity index (χ0n) is 14.1. The summed E-state index contributed by atoms with van der Waals surface area (Å²) in [7, 11) is 3.14. The Hall–Kier alpha value is -3.22. The third-order valence-electron chi connectivity index (χ3n) is 3.62. The average molecular weight is 342 g/mol. The molecule has 2 aromatic carbocycles. The van der Waals surface area contributed by atoms with E-state index in [1.165, 1.54) is 30.0 Å². The summed E-state index contributed by atoms with van der Waals surface area (Å²) < 4.78 is 5.40. The number of amides is 1. The number of ether oxygens (including phenoxy) is 1. The van der Waals surface area contributed by atoms with Crippen LogP contribution in [-0.2, 0) is 9.53 Å². The zero-order valence-corrected chi connectivity index (χ0v) is 14.1. The average Bonchev–Trinajstić information content (AvgIpc) is 2.59. The van der Waals surface area contributed by atoms with E-state index < -0.39 is 17.0 Å². The first-order chi connectivity index (χ1) is 11.8. The molecule has 2 rings (SSSR count). The quantitative estimate of drug-likeness (QED) is 0.473. The lowest BCUT2D eigenvalue weighted by Crippen LogP contribution is -2.31. The third-order valence-corrected chi connectivity index (χ3v) is 3.62. The molecule has 0 aromatic heterocycles. The number of esters is 1. The molecule has 7 heteroatoms. The number of carbonyl (C=O) groups is 2. The highest BCUT2D eigenvalue weighted by molar-refractivity contribution is 5.93. The van der Waals surface area contributed by atoms with Crippen molar-refractivity contribution in [3.05, 3.63) is 75.3 Å². The first-order valence-electron chi connectivity index (χ1n) is 7.53. The summed E-state index contributed by atoms with van der Waals surface area (Å²) in [5.41, 5.74) is 0.957. The van der Waals surface area contributed by atoms with Crippen LogP contribution >= 0.6 is 0 Å². The summed E-state index contributed by atoms with van der Waals surface area (Å²) >= 11 is 0. The minimum Gasteiger partial charge on any atom is -0.444 e. The van der Waals surface area contributed by atoms with Gasteiger partial charge in [-0.1, -0.05) is 30.3 Å². The van der Waals surface area contributed by atoms with Gasteiger partial charge >= 0.3 is 5.97 Å². The molecular formula is C18H18N2O5. The Morgan fingerprint density at radius 1 is 1.12 bits per heavy atom. The fourth-order valence-electron chi connectivity index (χ4n) is 2.29. The van der Waals surface area contributed by atoms with Crippen molar-refractivity contribution in [3.63, 3.8) is 0 Å². The molecule has 0 aliphatic heterocycles. The van der Waals surface area contributed by atoms with Crippen molar-refractivity contribution in [1.29, 1.82) is 0 Å². The highest BCUT2D eigenvalue weighted by Crippen LogP contribution is 2.23. The maximum absolute atomic E-state index is 12.4. The van der Waals surface area contributed by atoms with Crippen LogP contribution < -0.4 is 0 Å². The van der Waals surface area contributed by atoms with Crippen LogP contribution in [0.2, 0.25) is 0 Å². The van der Waals surface area contributed by atoms with Gasteiger partial charge in [-0.25, -0.2) is 4.79 Å². The van der Waals surface area contributed by atoms with Crippen molar-refractivity contribution < 1.29 is 19.2 Å². The molecule has 25 heavy (non-hydrogen) atoms. The van der Waals surface area contributed by atoms with E-state index in [0.29, 0.717) is 11.1 Å². The van der Waals surface area contributed by atoms with Gasteiger partial charge in [-0.15, -0.1) is 0 Å². The number of benzene rings is 2. The number of aryl methyl sites for hydroxylation is 1. The summed E-state index contributed by atoms with van der Waals surface area (Å²) in [4.78, 5) is 36.5. The van der Waals surface area contributed by atoms with Crippen molar-refractivity contribution in [2.45, 2.75) is 13.0 Å². The first-order valence-corrected chi connectivity index (χ1v) is 7.53. The first kappa shape index (κ1) is 18.1. The van der Waals surface area contributed by atoms with Crippen molar-refractivity contribution in [1.82, 2.24) is 4.90 Å². The smallest absolute Gasteiger partial charge is 0.339 e. The maximum Gasteiger partial charge on any atom is 0.339 e. The molecule has 7 nitrogen and oxygen atoms in total. The molecule has 0 heterocycles. The van der Waals surface area contributed by atoms with E-state index in [9.17, 15) is 19.7 Å². The van der Waals surface area contributed by atoms with E-state index in [2.05, 4.69) is 0 Å². The highest BCUT2D eigenvalue weighted by Gasteiger charge is 2.27. The van der Waals surface area contributed by atoms with Crippen LogP contribution in [-0.4, -0.2) is 35.8 Å². The molecule has 2 aromatic rings. The molecule has 0 aliphatic carbocycles. The SMILES string of the molecule is Cc1cc(C(=O)O[C@H](C(=O)N(C)C)c2ccccc2)ccc1[N+](=O)[O-]. The third kappa shape index (κ3) is 4.20. The van der Waals surface area contributed by atoms with Crippen molar-refractivity contribution in [3.8, 4) is 0 Å². The lowest BCUT2D eigenvalue weighted by atomic mass is 10.1.